The van der Waals surface area contributed by atoms with Crippen LogP contribution in [0, 0.1) is 10.1 Å². The Hall–Kier alpha value is -4.93. The smallest absolute Gasteiger partial charge is 0.319 e. The zero-order valence-corrected chi connectivity index (χ0v) is 23.4. The van der Waals surface area contributed by atoms with Gasteiger partial charge >= 0.3 is 6.03 Å². The molecule has 0 aliphatic heterocycles. The number of benzene rings is 2. The maximum absolute atomic E-state index is 13.8. The van der Waals surface area contributed by atoms with Crippen LogP contribution in [0.25, 0.3) is 10.9 Å². The molecule has 0 bridgehead atoms. The van der Waals surface area contributed by atoms with E-state index in [0.29, 0.717) is 18.0 Å². The number of nitrogens with zero attached hydrogens (tertiary/aromatic N) is 2. The van der Waals surface area contributed by atoms with Crippen molar-refractivity contribution in [2.24, 2.45) is 0 Å². The van der Waals surface area contributed by atoms with Gasteiger partial charge in [-0.1, -0.05) is 37.5 Å². The summed E-state index contributed by atoms with van der Waals surface area (Å²) in [5.74, 6) is 0.369. The number of para-hydroxylation sites is 1. The van der Waals surface area contributed by atoms with Gasteiger partial charge in [0.1, 0.15) is 11.8 Å². The molecule has 11 nitrogen and oxygen atoms in total. The van der Waals surface area contributed by atoms with Gasteiger partial charge in [0.2, 0.25) is 5.91 Å². The number of nitrogens with one attached hydrogen (secondary N) is 4. The second-order valence-electron chi connectivity index (χ2n) is 10.7. The summed E-state index contributed by atoms with van der Waals surface area (Å²) in [6, 6.07) is 15.7. The Morgan fingerprint density at radius 2 is 1.83 bits per heavy atom. The van der Waals surface area contributed by atoms with Crippen LogP contribution in [0.2, 0.25) is 0 Å². The lowest BCUT2D eigenvalue weighted by Crippen LogP contribution is -2.52. The van der Waals surface area contributed by atoms with E-state index in [4.69, 9.17) is 4.74 Å². The summed E-state index contributed by atoms with van der Waals surface area (Å²) in [7, 11) is 1.60. The van der Waals surface area contributed by atoms with Crippen molar-refractivity contribution in [1.82, 2.24) is 20.6 Å². The Kier molecular flexibility index (Phi) is 8.66. The summed E-state index contributed by atoms with van der Waals surface area (Å²) in [5, 5.41) is 20.6. The fraction of sp³-hybridized carbons (Fsp3) is 0.323. The number of amides is 3. The maximum atomic E-state index is 13.8. The maximum Gasteiger partial charge on any atom is 0.319 e. The van der Waals surface area contributed by atoms with Crippen molar-refractivity contribution >= 4 is 34.2 Å². The van der Waals surface area contributed by atoms with Crippen LogP contribution in [-0.2, 0) is 16.6 Å². The van der Waals surface area contributed by atoms with Gasteiger partial charge in [-0.25, -0.2) is 4.79 Å². The molecule has 42 heavy (non-hydrogen) atoms. The predicted octanol–water partition coefficient (Wildman–Crippen LogP) is 5.23. The van der Waals surface area contributed by atoms with Gasteiger partial charge in [-0.3, -0.25) is 19.9 Å². The Morgan fingerprint density at radius 3 is 2.52 bits per heavy atom. The minimum absolute atomic E-state index is 0.0828. The second-order valence-corrected chi connectivity index (χ2v) is 10.7. The number of pyridine rings is 1. The third kappa shape index (κ3) is 6.51. The minimum atomic E-state index is -0.883. The van der Waals surface area contributed by atoms with Crippen molar-refractivity contribution in [3.05, 3.63) is 94.4 Å². The Balaban J connectivity index is 1.34. The van der Waals surface area contributed by atoms with Gasteiger partial charge in [-0.15, -0.1) is 0 Å². The number of non-ortho nitro benzene ring substituents is 1. The summed E-state index contributed by atoms with van der Waals surface area (Å²) in [5.41, 5.74) is 2.73. The molecule has 1 fully saturated rings. The number of fused-ring (bicyclic) bond motifs is 1. The minimum Gasteiger partial charge on any atom is -0.495 e. The van der Waals surface area contributed by atoms with Gasteiger partial charge in [0.25, 0.3) is 5.69 Å². The number of methoxy groups -OCH3 is 1. The molecule has 0 unspecified atom stereocenters. The van der Waals surface area contributed by atoms with Crippen molar-refractivity contribution in [2.45, 2.75) is 50.0 Å². The molecule has 3 amide bonds. The van der Waals surface area contributed by atoms with Gasteiger partial charge in [0.05, 0.1) is 18.2 Å². The van der Waals surface area contributed by atoms with Crippen LogP contribution in [-0.4, -0.2) is 46.5 Å². The summed E-state index contributed by atoms with van der Waals surface area (Å²) in [4.78, 5) is 45.1. The molecular weight excluding hydrogens is 536 g/mol. The highest BCUT2D eigenvalue weighted by molar-refractivity contribution is 5.94. The molecule has 2 heterocycles. The van der Waals surface area contributed by atoms with E-state index in [1.807, 2.05) is 42.6 Å². The van der Waals surface area contributed by atoms with E-state index in [2.05, 4.69) is 25.9 Å². The zero-order chi connectivity index (χ0) is 29.5. The number of nitro groups is 1. The monoisotopic (exact) mass is 570 g/mol. The van der Waals surface area contributed by atoms with E-state index in [1.165, 1.54) is 24.3 Å². The molecule has 1 aliphatic rings. The van der Waals surface area contributed by atoms with Crippen LogP contribution in [0.5, 0.6) is 5.75 Å². The number of carbonyl (C=O) groups is 2. The molecular formula is C31H34N6O5. The highest BCUT2D eigenvalue weighted by Crippen LogP contribution is 2.38. The van der Waals surface area contributed by atoms with Crippen molar-refractivity contribution in [3.63, 3.8) is 0 Å². The first-order chi connectivity index (χ1) is 20.4. The molecule has 0 spiro atoms. The van der Waals surface area contributed by atoms with Crippen LogP contribution in [0.4, 0.5) is 16.2 Å². The van der Waals surface area contributed by atoms with Crippen LogP contribution in [0.15, 0.2) is 73.1 Å². The van der Waals surface area contributed by atoms with Crippen LogP contribution in [0.3, 0.4) is 0 Å². The highest BCUT2D eigenvalue weighted by Gasteiger charge is 2.36. The van der Waals surface area contributed by atoms with Crippen molar-refractivity contribution < 1.29 is 19.2 Å². The van der Waals surface area contributed by atoms with Crippen LogP contribution < -0.4 is 20.7 Å². The Bertz CT molecular complexity index is 1540. The van der Waals surface area contributed by atoms with Crippen molar-refractivity contribution in [1.29, 1.82) is 0 Å². The standard InChI is InChI=1S/C31H34N6O5/c1-42-24-13-14-28(33-19-24)31(15-5-2-6-16-31)20-34-29(38)27(17-21-18-32-26-8-4-3-7-25(21)26)36-30(39)35-22-9-11-23(12-10-22)37(40)41/h3-4,7-14,18-19,27,32H,2,5-6,15-17,20H2,1H3,(H,34,38)(H2,35,36,39)/t27-/m1/s1. The number of ether oxygens (including phenoxy) is 1. The molecule has 0 radical (unpaired) electrons. The number of aromatic nitrogens is 2. The largest absolute Gasteiger partial charge is 0.495 e. The number of hydrogen-bond donors (Lipinski definition) is 4. The summed E-state index contributed by atoms with van der Waals surface area (Å²) in [6.07, 6.45) is 8.83. The molecule has 5 rings (SSSR count). The summed E-state index contributed by atoms with van der Waals surface area (Å²) in [6.45, 7) is 0.390. The van der Waals surface area contributed by atoms with E-state index in [9.17, 15) is 19.7 Å². The normalized spacial score (nSPS) is 15.0. The van der Waals surface area contributed by atoms with Gasteiger partial charge in [0.15, 0.2) is 0 Å². The molecule has 0 saturated heterocycles. The lowest BCUT2D eigenvalue weighted by atomic mass is 9.71. The molecule has 1 saturated carbocycles. The molecule has 1 atom stereocenters. The molecule has 2 aromatic heterocycles. The average molecular weight is 571 g/mol. The van der Waals surface area contributed by atoms with Gasteiger partial charge < -0.3 is 25.7 Å². The van der Waals surface area contributed by atoms with Crippen LogP contribution >= 0.6 is 0 Å². The zero-order valence-electron chi connectivity index (χ0n) is 23.4. The number of hydrogen-bond acceptors (Lipinski definition) is 6. The van der Waals surface area contributed by atoms with Gasteiger partial charge in [-0.2, -0.15) is 0 Å². The topological polar surface area (TPSA) is 151 Å². The summed E-state index contributed by atoms with van der Waals surface area (Å²) >= 11 is 0. The number of carbonyl (C=O) groups excluding carboxylic acids is 2. The first-order valence-electron chi connectivity index (χ1n) is 14.0. The molecule has 2 aromatic carbocycles. The van der Waals surface area contributed by atoms with E-state index >= 15 is 0 Å². The van der Waals surface area contributed by atoms with Gasteiger partial charge in [-0.05, 0) is 48.7 Å². The number of anilines is 1. The first kappa shape index (κ1) is 28.6. The lowest BCUT2D eigenvalue weighted by Gasteiger charge is -2.37. The average Bonchev–Trinajstić information content (AvgIpc) is 3.43. The predicted molar refractivity (Wildman–Crippen MR) is 160 cm³/mol. The molecule has 1 aliphatic carbocycles. The van der Waals surface area contributed by atoms with E-state index in [1.54, 1.807) is 13.3 Å². The van der Waals surface area contributed by atoms with E-state index in [-0.39, 0.29) is 23.4 Å². The molecule has 11 heteroatoms. The van der Waals surface area contributed by atoms with Crippen molar-refractivity contribution in [2.75, 3.05) is 19.0 Å². The molecule has 4 N–H and O–H groups in total. The summed E-state index contributed by atoms with van der Waals surface area (Å²) < 4.78 is 5.28. The number of nitro benzene ring substituents is 1. The highest BCUT2D eigenvalue weighted by atomic mass is 16.6. The van der Waals surface area contributed by atoms with E-state index < -0.39 is 17.0 Å². The Morgan fingerprint density at radius 1 is 1.07 bits per heavy atom. The number of aromatic amines is 1. The fourth-order valence-corrected chi connectivity index (χ4v) is 5.67. The quantitative estimate of drug-likeness (QED) is 0.151. The first-order valence-corrected chi connectivity index (χ1v) is 14.0. The fourth-order valence-electron chi connectivity index (χ4n) is 5.67. The molecule has 4 aromatic rings. The van der Waals surface area contributed by atoms with Crippen LogP contribution in [0.1, 0.15) is 43.4 Å². The van der Waals surface area contributed by atoms with Crippen molar-refractivity contribution in [3.8, 4) is 5.75 Å². The molecule has 218 valence electrons. The second kappa shape index (κ2) is 12.7. The third-order valence-electron chi connectivity index (χ3n) is 7.98. The third-order valence-corrected chi connectivity index (χ3v) is 7.98. The lowest BCUT2D eigenvalue weighted by molar-refractivity contribution is -0.384. The van der Waals surface area contributed by atoms with E-state index in [0.717, 1.165) is 54.3 Å². The van der Waals surface area contributed by atoms with Gasteiger partial charge in [0, 0.05) is 59.0 Å². The SMILES string of the molecule is COc1ccc(C2(CNC(=O)[C@@H](Cc3c[nH]c4ccccc34)NC(=O)Nc3ccc([N+](=O)[O-])cc3)CCCCC2)nc1. The number of rotatable bonds is 10. The number of urea groups is 1. The Labute approximate surface area is 243 Å². The number of H-pyrrole nitrogens is 1.